The van der Waals surface area contributed by atoms with Crippen molar-refractivity contribution in [3.8, 4) is 5.75 Å². The number of rotatable bonds is 10. The lowest BCUT2D eigenvalue weighted by molar-refractivity contribution is 0.292. The molecule has 28 heavy (non-hydrogen) atoms. The Labute approximate surface area is 170 Å². The third kappa shape index (κ3) is 6.71. The van der Waals surface area contributed by atoms with Gasteiger partial charge in [-0.25, -0.2) is 0 Å². The van der Waals surface area contributed by atoms with Crippen LogP contribution in [0.2, 0.25) is 0 Å². The summed E-state index contributed by atoms with van der Waals surface area (Å²) in [4.78, 5) is 6.84. The first-order chi connectivity index (χ1) is 13.6. The largest absolute Gasteiger partial charge is 0.497 e. The van der Waals surface area contributed by atoms with E-state index < -0.39 is 0 Å². The van der Waals surface area contributed by atoms with Crippen LogP contribution in [0, 0.1) is 0 Å². The summed E-state index contributed by atoms with van der Waals surface area (Å²) in [5.74, 6) is 1.74. The van der Waals surface area contributed by atoms with E-state index in [1.54, 1.807) is 7.11 Å². The number of guanidine groups is 1. The first-order valence-electron chi connectivity index (χ1n) is 10.4. The van der Waals surface area contributed by atoms with E-state index in [9.17, 15) is 0 Å². The van der Waals surface area contributed by atoms with Crippen molar-refractivity contribution in [3.63, 3.8) is 0 Å². The van der Waals surface area contributed by atoms with Gasteiger partial charge in [-0.05, 0) is 73.9 Å². The zero-order valence-corrected chi connectivity index (χ0v) is 18.1. The van der Waals surface area contributed by atoms with Crippen molar-refractivity contribution in [3.05, 3.63) is 42.0 Å². The normalized spacial score (nSPS) is 13.0. The van der Waals surface area contributed by atoms with Gasteiger partial charge in [0, 0.05) is 19.6 Å². The van der Waals surface area contributed by atoms with Gasteiger partial charge in [0.05, 0.1) is 7.11 Å². The average molecular weight is 385 g/mol. The fourth-order valence-corrected chi connectivity index (χ4v) is 3.36. The minimum atomic E-state index is 0.394. The van der Waals surface area contributed by atoms with Crippen molar-refractivity contribution in [2.45, 2.75) is 46.2 Å². The van der Waals surface area contributed by atoms with Crippen molar-refractivity contribution < 1.29 is 4.74 Å². The maximum absolute atomic E-state index is 5.30. The van der Waals surface area contributed by atoms with E-state index in [1.165, 1.54) is 22.8 Å². The molecule has 0 radical (unpaired) electrons. The van der Waals surface area contributed by atoms with E-state index in [-0.39, 0.29) is 0 Å². The van der Waals surface area contributed by atoms with Crippen LogP contribution in [-0.2, 0) is 6.54 Å². The summed E-state index contributed by atoms with van der Waals surface area (Å²) in [6, 6.07) is 13.1. The van der Waals surface area contributed by atoms with Crippen LogP contribution >= 0.6 is 0 Å². The molecule has 0 saturated carbocycles. The SMILES string of the molecule is CCN(CC)CCCC(C)NC(=NC)NCc1ccc2cc(OC)ccc2c1. The monoisotopic (exact) mass is 384 g/mol. The first-order valence-corrected chi connectivity index (χ1v) is 10.4. The maximum atomic E-state index is 5.30. The van der Waals surface area contributed by atoms with Crippen LogP contribution in [-0.4, -0.2) is 50.7 Å². The van der Waals surface area contributed by atoms with E-state index in [4.69, 9.17) is 4.74 Å². The number of hydrogen-bond acceptors (Lipinski definition) is 3. The highest BCUT2D eigenvalue weighted by molar-refractivity contribution is 5.85. The molecule has 5 heteroatoms. The molecule has 0 aliphatic rings. The molecule has 0 aromatic heterocycles. The Kier molecular flexibility index (Phi) is 9.08. The van der Waals surface area contributed by atoms with Gasteiger partial charge < -0.3 is 20.3 Å². The van der Waals surface area contributed by atoms with Crippen LogP contribution in [0.4, 0.5) is 0 Å². The number of aliphatic imine (C=N–C) groups is 1. The molecule has 0 spiro atoms. The third-order valence-electron chi connectivity index (χ3n) is 5.18. The highest BCUT2D eigenvalue weighted by Gasteiger charge is 2.07. The summed E-state index contributed by atoms with van der Waals surface area (Å²) in [5, 5.41) is 9.33. The highest BCUT2D eigenvalue weighted by Crippen LogP contribution is 2.21. The molecule has 154 valence electrons. The van der Waals surface area contributed by atoms with E-state index in [1.807, 2.05) is 13.1 Å². The van der Waals surface area contributed by atoms with Crippen LogP contribution in [0.3, 0.4) is 0 Å². The van der Waals surface area contributed by atoms with Crippen molar-refractivity contribution >= 4 is 16.7 Å². The zero-order chi connectivity index (χ0) is 20.4. The number of nitrogens with one attached hydrogen (secondary N) is 2. The smallest absolute Gasteiger partial charge is 0.191 e. The Balaban J connectivity index is 1.83. The fourth-order valence-electron chi connectivity index (χ4n) is 3.36. The van der Waals surface area contributed by atoms with Crippen LogP contribution in [0.25, 0.3) is 10.8 Å². The van der Waals surface area contributed by atoms with Crippen LogP contribution in [0.15, 0.2) is 41.4 Å². The van der Waals surface area contributed by atoms with Gasteiger partial charge in [-0.15, -0.1) is 0 Å². The lowest BCUT2D eigenvalue weighted by Gasteiger charge is -2.21. The average Bonchev–Trinajstić information content (AvgIpc) is 2.73. The second-order valence-corrected chi connectivity index (χ2v) is 7.19. The Morgan fingerprint density at radius 2 is 1.82 bits per heavy atom. The molecule has 2 aromatic rings. The van der Waals surface area contributed by atoms with Gasteiger partial charge in [-0.2, -0.15) is 0 Å². The molecule has 5 nitrogen and oxygen atoms in total. The highest BCUT2D eigenvalue weighted by atomic mass is 16.5. The Morgan fingerprint density at radius 1 is 1.11 bits per heavy atom. The molecule has 0 saturated heterocycles. The molecular weight excluding hydrogens is 348 g/mol. The van der Waals surface area contributed by atoms with Crippen LogP contribution in [0.1, 0.15) is 39.2 Å². The quantitative estimate of drug-likeness (QED) is 0.480. The molecule has 2 aromatic carbocycles. The van der Waals surface area contributed by atoms with Gasteiger partial charge in [0.15, 0.2) is 5.96 Å². The van der Waals surface area contributed by atoms with Gasteiger partial charge in [-0.1, -0.05) is 32.0 Å². The predicted molar refractivity (Wildman–Crippen MR) is 120 cm³/mol. The summed E-state index contributed by atoms with van der Waals surface area (Å²) < 4.78 is 5.30. The molecule has 0 fully saturated rings. The summed E-state index contributed by atoms with van der Waals surface area (Å²) in [6.07, 6.45) is 2.33. The summed E-state index contributed by atoms with van der Waals surface area (Å²) in [5.41, 5.74) is 1.23. The summed E-state index contributed by atoms with van der Waals surface area (Å²) in [7, 11) is 3.52. The second-order valence-electron chi connectivity index (χ2n) is 7.19. The molecule has 2 N–H and O–H groups in total. The molecule has 1 unspecified atom stereocenters. The topological polar surface area (TPSA) is 48.9 Å². The van der Waals surface area contributed by atoms with Gasteiger partial charge in [0.25, 0.3) is 0 Å². The molecule has 0 aliphatic heterocycles. The number of nitrogens with zero attached hydrogens (tertiary/aromatic N) is 2. The number of methoxy groups -OCH3 is 1. The lowest BCUT2D eigenvalue weighted by Crippen LogP contribution is -2.42. The molecule has 0 aliphatic carbocycles. The Hall–Kier alpha value is -2.27. The number of hydrogen-bond donors (Lipinski definition) is 2. The number of benzene rings is 2. The summed E-state index contributed by atoms with van der Waals surface area (Å²) >= 11 is 0. The fraction of sp³-hybridized carbons (Fsp3) is 0.522. The van der Waals surface area contributed by atoms with Crippen molar-refractivity contribution in [1.82, 2.24) is 15.5 Å². The predicted octanol–water partition coefficient (Wildman–Crippen LogP) is 4.02. The molecule has 0 bridgehead atoms. The van der Waals surface area contributed by atoms with E-state index >= 15 is 0 Å². The summed E-state index contributed by atoms with van der Waals surface area (Å²) in [6.45, 7) is 10.8. The second kappa shape index (κ2) is 11.5. The zero-order valence-electron chi connectivity index (χ0n) is 18.1. The maximum Gasteiger partial charge on any atom is 0.191 e. The van der Waals surface area contributed by atoms with E-state index in [2.05, 4.69) is 71.6 Å². The van der Waals surface area contributed by atoms with Gasteiger partial charge in [-0.3, -0.25) is 4.99 Å². The molecule has 0 heterocycles. The van der Waals surface area contributed by atoms with Gasteiger partial charge in [0.2, 0.25) is 0 Å². The van der Waals surface area contributed by atoms with Gasteiger partial charge >= 0.3 is 0 Å². The lowest BCUT2D eigenvalue weighted by atomic mass is 10.1. The number of fused-ring (bicyclic) bond motifs is 1. The Morgan fingerprint density at radius 3 is 2.50 bits per heavy atom. The molecule has 2 rings (SSSR count). The standard InChI is InChI=1S/C23H36N4O/c1-6-27(7-2)14-8-9-18(3)26-23(24-4)25-17-19-10-11-21-16-22(28-5)13-12-20(21)15-19/h10-13,15-16,18H,6-9,14,17H2,1-5H3,(H2,24,25,26). The first kappa shape index (κ1) is 22.0. The minimum Gasteiger partial charge on any atom is -0.497 e. The van der Waals surface area contributed by atoms with Crippen molar-refractivity contribution in [1.29, 1.82) is 0 Å². The minimum absolute atomic E-state index is 0.394. The van der Waals surface area contributed by atoms with Gasteiger partial charge in [0.1, 0.15) is 5.75 Å². The van der Waals surface area contributed by atoms with Crippen LogP contribution < -0.4 is 15.4 Å². The third-order valence-corrected chi connectivity index (χ3v) is 5.18. The molecule has 0 amide bonds. The van der Waals surface area contributed by atoms with E-state index in [0.29, 0.717) is 6.04 Å². The molecular formula is C23H36N4O. The molecule has 1 atom stereocenters. The van der Waals surface area contributed by atoms with Crippen LogP contribution in [0.5, 0.6) is 5.75 Å². The van der Waals surface area contributed by atoms with Crippen molar-refractivity contribution in [2.24, 2.45) is 4.99 Å². The number of ether oxygens (including phenoxy) is 1. The Bertz CT molecular complexity index is 755. The van der Waals surface area contributed by atoms with Crippen molar-refractivity contribution in [2.75, 3.05) is 33.8 Å². The van der Waals surface area contributed by atoms with E-state index in [0.717, 1.165) is 44.3 Å².